The molecule has 2 amide bonds. The molecule has 0 radical (unpaired) electrons. The van der Waals surface area contributed by atoms with E-state index in [0.29, 0.717) is 25.1 Å². The zero-order valence-corrected chi connectivity index (χ0v) is 12.7. The lowest BCUT2D eigenvalue weighted by Crippen LogP contribution is -2.33. The van der Waals surface area contributed by atoms with E-state index in [0.717, 1.165) is 22.6 Å². The maximum atomic E-state index is 12.2. The molecule has 5 nitrogen and oxygen atoms in total. The van der Waals surface area contributed by atoms with Gasteiger partial charge in [-0.1, -0.05) is 6.07 Å². The first-order valence-corrected chi connectivity index (χ1v) is 7.22. The number of furan rings is 1. The number of nitrogens with zero attached hydrogens (tertiary/aromatic N) is 1. The highest BCUT2D eigenvalue weighted by molar-refractivity contribution is 5.95. The van der Waals surface area contributed by atoms with E-state index in [1.807, 2.05) is 31.2 Å². The Labute approximate surface area is 128 Å². The van der Waals surface area contributed by atoms with Crippen LogP contribution in [0.25, 0.3) is 0 Å². The molecule has 3 rings (SSSR count). The third-order valence-corrected chi connectivity index (χ3v) is 3.86. The van der Waals surface area contributed by atoms with Crippen LogP contribution in [0.3, 0.4) is 0 Å². The van der Waals surface area contributed by atoms with Gasteiger partial charge in [-0.2, -0.15) is 0 Å². The van der Waals surface area contributed by atoms with Gasteiger partial charge in [0.25, 0.3) is 5.91 Å². The smallest absolute Gasteiger partial charge is 0.251 e. The van der Waals surface area contributed by atoms with Crippen molar-refractivity contribution in [2.24, 2.45) is 0 Å². The minimum atomic E-state index is -0.164. The summed E-state index contributed by atoms with van der Waals surface area (Å²) in [5.74, 6) is 1.46. The number of likely N-dealkylation sites (N-methyl/N-ethyl adjacent to an activating group) is 1. The number of carbonyl (C=O) groups excluding carboxylic acids is 2. The van der Waals surface area contributed by atoms with E-state index in [9.17, 15) is 9.59 Å². The third-order valence-electron chi connectivity index (χ3n) is 3.86. The second-order valence-corrected chi connectivity index (χ2v) is 5.61. The highest BCUT2D eigenvalue weighted by atomic mass is 16.3. The topological polar surface area (TPSA) is 62.6 Å². The SMILES string of the molecule is Cc1ccc(CNC(=O)c2ccc3c(c2)CC(=O)N(C)C3)o1. The van der Waals surface area contributed by atoms with E-state index in [4.69, 9.17) is 4.42 Å². The number of amides is 2. The van der Waals surface area contributed by atoms with Gasteiger partial charge < -0.3 is 14.6 Å². The predicted molar refractivity (Wildman–Crippen MR) is 81.2 cm³/mol. The number of carbonyl (C=O) groups is 2. The van der Waals surface area contributed by atoms with Gasteiger partial charge in [0.15, 0.2) is 0 Å². The molecule has 1 N–H and O–H groups in total. The maximum absolute atomic E-state index is 12.2. The van der Waals surface area contributed by atoms with E-state index in [2.05, 4.69) is 5.32 Å². The average molecular weight is 298 g/mol. The van der Waals surface area contributed by atoms with Gasteiger partial charge in [0.2, 0.25) is 5.91 Å². The number of nitrogens with one attached hydrogen (secondary N) is 1. The molecule has 0 spiro atoms. The van der Waals surface area contributed by atoms with Crippen LogP contribution in [0.2, 0.25) is 0 Å². The van der Waals surface area contributed by atoms with Crippen molar-refractivity contribution < 1.29 is 14.0 Å². The molecule has 5 heteroatoms. The number of fused-ring (bicyclic) bond motifs is 1. The highest BCUT2D eigenvalue weighted by Gasteiger charge is 2.21. The van der Waals surface area contributed by atoms with Gasteiger partial charge in [-0.25, -0.2) is 0 Å². The quantitative estimate of drug-likeness (QED) is 0.943. The predicted octanol–water partition coefficient (Wildman–Crippen LogP) is 2.03. The molecule has 0 saturated carbocycles. The third kappa shape index (κ3) is 2.88. The number of rotatable bonds is 3. The van der Waals surface area contributed by atoms with Crippen LogP contribution in [-0.2, 0) is 24.3 Å². The monoisotopic (exact) mass is 298 g/mol. The Morgan fingerprint density at radius 3 is 2.82 bits per heavy atom. The van der Waals surface area contributed by atoms with Gasteiger partial charge in [-0.05, 0) is 42.3 Å². The molecule has 0 unspecified atom stereocenters. The molecule has 1 aromatic carbocycles. The first-order chi connectivity index (χ1) is 10.5. The molecular weight excluding hydrogens is 280 g/mol. The average Bonchev–Trinajstić information content (AvgIpc) is 2.91. The zero-order valence-electron chi connectivity index (χ0n) is 12.7. The van der Waals surface area contributed by atoms with Crippen molar-refractivity contribution >= 4 is 11.8 Å². The Hall–Kier alpha value is -2.56. The summed E-state index contributed by atoms with van der Waals surface area (Å²) in [5.41, 5.74) is 2.60. The van der Waals surface area contributed by atoms with E-state index >= 15 is 0 Å². The van der Waals surface area contributed by atoms with Gasteiger partial charge in [0, 0.05) is 19.2 Å². The number of hydrogen-bond donors (Lipinski definition) is 1. The summed E-state index contributed by atoms with van der Waals surface area (Å²) in [7, 11) is 1.79. The lowest BCUT2D eigenvalue weighted by atomic mass is 9.97. The fourth-order valence-corrected chi connectivity index (χ4v) is 2.58. The molecule has 0 aliphatic carbocycles. The van der Waals surface area contributed by atoms with Crippen LogP contribution >= 0.6 is 0 Å². The molecular formula is C17H18N2O3. The normalized spacial score (nSPS) is 13.9. The largest absolute Gasteiger partial charge is 0.465 e. The number of hydrogen-bond acceptors (Lipinski definition) is 3. The van der Waals surface area contributed by atoms with Gasteiger partial charge >= 0.3 is 0 Å². The molecule has 0 atom stereocenters. The molecule has 0 bridgehead atoms. The van der Waals surface area contributed by atoms with Crippen LogP contribution in [0.15, 0.2) is 34.7 Å². The maximum Gasteiger partial charge on any atom is 0.251 e. The van der Waals surface area contributed by atoms with Crippen molar-refractivity contribution in [1.29, 1.82) is 0 Å². The first-order valence-electron chi connectivity index (χ1n) is 7.22. The summed E-state index contributed by atoms with van der Waals surface area (Å²) in [6.45, 7) is 2.82. The fourth-order valence-electron chi connectivity index (χ4n) is 2.58. The van der Waals surface area contributed by atoms with Crippen LogP contribution in [-0.4, -0.2) is 23.8 Å². The van der Waals surface area contributed by atoms with Crippen molar-refractivity contribution in [1.82, 2.24) is 10.2 Å². The van der Waals surface area contributed by atoms with Crippen molar-refractivity contribution in [2.45, 2.75) is 26.4 Å². The molecule has 1 aliphatic rings. The number of aryl methyl sites for hydroxylation is 1. The fraction of sp³-hybridized carbons (Fsp3) is 0.294. The Kier molecular flexibility index (Phi) is 3.71. The summed E-state index contributed by atoms with van der Waals surface area (Å²) >= 11 is 0. The Morgan fingerprint density at radius 1 is 1.27 bits per heavy atom. The van der Waals surface area contributed by atoms with Gasteiger partial charge in [-0.3, -0.25) is 9.59 Å². The standard InChI is InChI=1S/C17H18N2O3/c1-11-3-6-15(22-11)9-18-17(21)12-4-5-13-10-19(2)16(20)8-14(13)7-12/h3-7H,8-10H2,1-2H3,(H,18,21). The molecule has 114 valence electrons. The van der Waals surface area contributed by atoms with Gasteiger partial charge in [-0.15, -0.1) is 0 Å². The zero-order chi connectivity index (χ0) is 15.7. The molecule has 2 aromatic rings. The van der Waals surface area contributed by atoms with E-state index < -0.39 is 0 Å². The van der Waals surface area contributed by atoms with Crippen LogP contribution in [0.5, 0.6) is 0 Å². The summed E-state index contributed by atoms with van der Waals surface area (Å²) < 4.78 is 5.42. The molecule has 0 fully saturated rings. The summed E-state index contributed by atoms with van der Waals surface area (Å²) in [4.78, 5) is 25.7. The van der Waals surface area contributed by atoms with E-state index in [-0.39, 0.29) is 11.8 Å². The minimum absolute atomic E-state index is 0.0797. The lowest BCUT2D eigenvalue weighted by Gasteiger charge is -2.25. The molecule has 0 saturated heterocycles. The Bertz CT molecular complexity index is 733. The minimum Gasteiger partial charge on any atom is -0.465 e. The summed E-state index contributed by atoms with van der Waals surface area (Å²) in [6.07, 6.45) is 0.352. The van der Waals surface area contributed by atoms with Crippen molar-refractivity contribution in [3.8, 4) is 0 Å². The van der Waals surface area contributed by atoms with Crippen molar-refractivity contribution in [2.75, 3.05) is 7.05 Å². The second-order valence-electron chi connectivity index (χ2n) is 5.61. The van der Waals surface area contributed by atoms with Gasteiger partial charge in [0.05, 0.1) is 13.0 Å². The van der Waals surface area contributed by atoms with Crippen molar-refractivity contribution in [3.63, 3.8) is 0 Å². The molecule has 1 aliphatic heterocycles. The lowest BCUT2D eigenvalue weighted by molar-refractivity contribution is -0.130. The summed E-state index contributed by atoms with van der Waals surface area (Å²) in [5, 5.41) is 2.83. The first kappa shape index (κ1) is 14.4. The Balaban J connectivity index is 1.71. The molecule has 22 heavy (non-hydrogen) atoms. The number of benzene rings is 1. The summed E-state index contributed by atoms with van der Waals surface area (Å²) in [6, 6.07) is 9.23. The van der Waals surface area contributed by atoms with E-state index in [1.165, 1.54) is 0 Å². The van der Waals surface area contributed by atoms with Crippen LogP contribution in [0.1, 0.15) is 33.0 Å². The van der Waals surface area contributed by atoms with Crippen LogP contribution in [0.4, 0.5) is 0 Å². The Morgan fingerprint density at radius 2 is 2.09 bits per heavy atom. The second kappa shape index (κ2) is 5.67. The van der Waals surface area contributed by atoms with Crippen molar-refractivity contribution in [3.05, 3.63) is 58.5 Å². The highest BCUT2D eigenvalue weighted by Crippen LogP contribution is 2.20. The van der Waals surface area contributed by atoms with Gasteiger partial charge in [0.1, 0.15) is 11.5 Å². The van der Waals surface area contributed by atoms with Crippen LogP contribution in [0, 0.1) is 6.92 Å². The molecule has 1 aromatic heterocycles. The molecule has 2 heterocycles. The van der Waals surface area contributed by atoms with Crippen LogP contribution < -0.4 is 5.32 Å². The van der Waals surface area contributed by atoms with E-state index in [1.54, 1.807) is 18.0 Å².